The molecule has 0 fully saturated rings. The fourth-order valence-corrected chi connectivity index (χ4v) is 1.92. The zero-order valence-electron chi connectivity index (χ0n) is 8.11. The van der Waals surface area contributed by atoms with Gasteiger partial charge in [0.25, 0.3) is 0 Å². The predicted molar refractivity (Wildman–Crippen MR) is 62.3 cm³/mol. The van der Waals surface area contributed by atoms with Gasteiger partial charge in [0.2, 0.25) is 0 Å². The van der Waals surface area contributed by atoms with Crippen LogP contribution < -0.4 is 10.5 Å². The maximum absolute atomic E-state index is 13.3. The number of thiazole rings is 1. The molecule has 3 nitrogen and oxygen atoms in total. The van der Waals surface area contributed by atoms with Gasteiger partial charge in [0.1, 0.15) is 6.61 Å². The average molecular weight is 259 g/mol. The molecule has 1 aromatic heterocycles. The van der Waals surface area contributed by atoms with E-state index in [0.29, 0.717) is 10.8 Å². The Morgan fingerprint density at radius 3 is 2.94 bits per heavy atom. The zero-order valence-corrected chi connectivity index (χ0v) is 9.69. The van der Waals surface area contributed by atoms with Crippen molar-refractivity contribution in [2.24, 2.45) is 0 Å². The molecule has 0 amide bonds. The molecule has 0 aliphatic rings. The fraction of sp³-hybridized carbons (Fsp3) is 0.100. The van der Waals surface area contributed by atoms with E-state index in [-0.39, 0.29) is 17.4 Å². The highest BCUT2D eigenvalue weighted by molar-refractivity contribution is 7.13. The molecule has 84 valence electrons. The number of nitrogen functional groups attached to an aromatic ring is 1. The molecule has 2 rings (SSSR count). The van der Waals surface area contributed by atoms with Gasteiger partial charge in [-0.15, -0.1) is 11.3 Å². The maximum Gasteiger partial charge on any atom is 0.180 e. The van der Waals surface area contributed by atoms with Gasteiger partial charge in [-0.1, -0.05) is 17.7 Å². The topological polar surface area (TPSA) is 48.1 Å². The van der Waals surface area contributed by atoms with Crippen LogP contribution in [0.1, 0.15) is 5.69 Å². The van der Waals surface area contributed by atoms with Gasteiger partial charge in [0.05, 0.1) is 10.7 Å². The van der Waals surface area contributed by atoms with Crippen molar-refractivity contribution in [3.8, 4) is 5.75 Å². The van der Waals surface area contributed by atoms with Crippen molar-refractivity contribution in [1.82, 2.24) is 4.98 Å². The standard InChI is InChI=1S/C10H8ClFN2OS/c11-7-2-1-3-8(12)9(7)15-4-6-5-16-10(13)14-6/h1-3,5H,4H2,(H2,13,14). The second kappa shape index (κ2) is 4.67. The monoisotopic (exact) mass is 258 g/mol. The smallest absolute Gasteiger partial charge is 0.180 e. The number of hydrogen-bond donors (Lipinski definition) is 1. The van der Waals surface area contributed by atoms with Crippen LogP contribution >= 0.6 is 22.9 Å². The van der Waals surface area contributed by atoms with Crippen LogP contribution in [0.25, 0.3) is 0 Å². The van der Waals surface area contributed by atoms with E-state index < -0.39 is 5.82 Å². The Morgan fingerprint density at radius 2 is 2.31 bits per heavy atom. The van der Waals surface area contributed by atoms with E-state index in [1.165, 1.54) is 23.5 Å². The van der Waals surface area contributed by atoms with Crippen molar-refractivity contribution in [3.63, 3.8) is 0 Å². The molecule has 0 bridgehead atoms. The molecule has 0 aliphatic heterocycles. The van der Waals surface area contributed by atoms with Gasteiger partial charge >= 0.3 is 0 Å². The quantitative estimate of drug-likeness (QED) is 0.920. The lowest BCUT2D eigenvalue weighted by molar-refractivity contribution is 0.287. The summed E-state index contributed by atoms with van der Waals surface area (Å²) in [6.45, 7) is 0.147. The third-order valence-corrected chi connectivity index (χ3v) is 2.87. The summed E-state index contributed by atoms with van der Waals surface area (Å²) in [6, 6.07) is 4.37. The van der Waals surface area contributed by atoms with Crippen LogP contribution in [0.3, 0.4) is 0 Å². The first-order valence-electron chi connectivity index (χ1n) is 4.43. The highest BCUT2D eigenvalue weighted by Crippen LogP contribution is 2.28. The minimum atomic E-state index is -0.490. The molecule has 0 atom stereocenters. The van der Waals surface area contributed by atoms with Crippen LogP contribution in [-0.4, -0.2) is 4.98 Å². The SMILES string of the molecule is Nc1nc(COc2c(F)cccc2Cl)cs1. The largest absolute Gasteiger partial charge is 0.483 e. The van der Waals surface area contributed by atoms with Crippen molar-refractivity contribution in [2.75, 3.05) is 5.73 Å². The highest BCUT2D eigenvalue weighted by atomic mass is 35.5. The molecule has 2 aromatic rings. The van der Waals surface area contributed by atoms with Gasteiger partial charge in [-0.05, 0) is 12.1 Å². The number of rotatable bonds is 3. The molecule has 6 heteroatoms. The molecule has 1 heterocycles. The van der Waals surface area contributed by atoms with Gasteiger partial charge in [-0.3, -0.25) is 0 Å². The summed E-state index contributed by atoms with van der Waals surface area (Å²) < 4.78 is 18.6. The summed E-state index contributed by atoms with van der Waals surface area (Å²) in [6.07, 6.45) is 0. The Morgan fingerprint density at radius 1 is 1.50 bits per heavy atom. The lowest BCUT2D eigenvalue weighted by atomic mass is 10.3. The van der Waals surface area contributed by atoms with Gasteiger partial charge in [0, 0.05) is 5.38 Å². The van der Waals surface area contributed by atoms with E-state index in [0.717, 1.165) is 0 Å². The fourth-order valence-electron chi connectivity index (χ4n) is 1.16. The number of anilines is 1. The Labute approximate surface area is 101 Å². The summed E-state index contributed by atoms with van der Waals surface area (Å²) in [5.41, 5.74) is 6.11. The van der Waals surface area contributed by atoms with Crippen LogP contribution in [0.15, 0.2) is 23.6 Å². The van der Waals surface area contributed by atoms with E-state index in [1.807, 2.05) is 0 Å². The van der Waals surface area contributed by atoms with Crippen LogP contribution in [0.5, 0.6) is 5.75 Å². The number of aromatic nitrogens is 1. The summed E-state index contributed by atoms with van der Waals surface area (Å²) >= 11 is 7.10. The molecular weight excluding hydrogens is 251 g/mol. The first kappa shape index (κ1) is 11.2. The van der Waals surface area contributed by atoms with Gasteiger partial charge in [-0.25, -0.2) is 9.37 Å². The predicted octanol–water partition coefficient (Wildman–Crippen LogP) is 3.10. The van der Waals surface area contributed by atoms with Crippen LogP contribution in [-0.2, 0) is 6.61 Å². The number of nitrogens with two attached hydrogens (primary N) is 1. The minimum absolute atomic E-state index is 0.0377. The second-order valence-corrected chi connectivity index (χ2v) is 4.31. The Balaban J connectivity index is 2.10. The summed E-state index contributed by atoms with van der Waals surface area (Å²) in [7, 11) is 0. The molecule has 0 saturated carbocycles. The number of hydrogen-bond acceptors (Lipinski definition) is 4. The molecule has 0 aliphatic carbocycles. The van der Waals surface area contributed by atoms with Crippen molar-refractivity contribution < 1.29 is 9.13 Å². The lowest BCUT2D eigenvalue weighted by Gasteiger charge is -2.06. The van der Waals surface area contributed by atoms with Crippen molar-refractivity contribution in [1.29, 1.82) is 0 Å². The average Bonchev–Trinajstić information content (AvgIpc) is 2.63. The van der Waals surface area contributed by atoms with Gasteiger partial charge < -0.3 is 10.5 Å². The first-order chi connectivity index (χ1) is 7.66. The second-order valence-electron chi connectivity index (χ2n) is 3.02. The Hall–Kier alpha value is -1.33. The van der Waals surface area contributed by atoms with E-state index in [2.05, 4.69) is 4.98 Å². The van der Waals surface area contributed by atoms with Crippen molar-refractivity contribution >= 4 is 28.1 Å². The normalized spacial score (nSPS) is 10.4. The third kappa shape index (κ3) is 2.43. The van der Waals surface area contributed by atoms with Crippen LogP contribution in [0.4, 0.5) is 9.52 Å². The Kier molecular flexibility index (Phi) is 3.26. The number of ether oxygens (including phenoxy) is 1. The number of para-hydroxylation sites is 1. The lowest BCUT2D eigenvalue weighted by Crippen LogP contribution is -1.98. The van der Waals surface area contributed by atoms with Crippen LogP contribution in [0.2, 0.25) is 5.02 Å². The number of halogens is 2. The van der Waals surface area contributed by atoms with Crippen molar-refractivity contribution in [2.45, 2.75) is 6.61 Å². The molecule has 16 heavy (non-hydrogen) atoms. The van der Waals surface area contributed by atoms with Crippen molar-refractivity contribution in [3.05, 3.63) is 40.1 Å². The van der Waals surface area contributed by atoms with E-state index >= 15 is 0 Å². The summed E-state index contributed by atoms with van der Waals surface area (Å²) in [4.78, 5) is 3.99. The highest BCUT2D eigenvalue weighted by Gasteiger charge is 2.09. The number of nitrogens with zero attached hydrogens (tertiary/aromatic N) is 1. The van der Waals surface area contributed by atoms with Gasteiger partial charge in [0.15, 0.2) is 16.7 Å². The molecule has 1 aromatic carbocycles. The van der Waals surface area contributed by atoms with E-state index in [9.17, 15) is 4.39 Å². The molecule has 0 radical (unpaired) electrons. The van der Waals surface area contributed by atoms with Gasteiger partial charge in [-0.2, -0.15) is 0 Å². The molecular formula is C10H8ClFN2OS. The first-order valence-corrected chi connectivity index (χ1v) is 5.69. The zero-order chi connectivity index (χ0) is 11.5. The van der Waals surface area contributed by atoms with Crippen LogP contribution in [0, 0.1) is 5.82 Å². The number of benzene rings is 1. The molecule has 0 unspecified atom stereocenters. The maximum atomic E-state index is 13.3. The minimum Gasteiger partial charge on any atom is -0.483 e. The van der Waals surface area contributed by atoms with E-state index in [1.54, 1.807) is 11.4 Å². The van der Waals surface area contributed by atoms with E-state index in [4.69, 9.17) is 22.1 Å². The summed E-state index contributed by atoms with van der Waals surface area (Å²) in [5.74, 6) is -0.452. The Bertz CT molecular complexity index is 483. The summed E-state index contributed by atoms with van der Waals surface area (Å²) in [5, 5.41) is 2.45. The molecule has 0 saturated heterocycles. The molecule has 0 spiro atoms. The molecule has 2 N–H and O–H groups in total. The third-order valence-electron chi connectivity index (χ3n) is 1.85.